The van der Waals surface area contributed by atoms with Gasteiger partial charge in [-0.05, 0) is 49.2 Å². The van der Waals surface area contributed by atoms with Gasteiger partial charge in [-0.2, -0.15) is 0 Å². The Balaban J connectivity index is 1.64. The molecule has 0 atom stereocenters. The predicted molar refractivity (Wildman–Crippen MR) is 111 cm³/mol. The molecule has 0 aliphatic heterocycles. The maximum atomic E-state index is 12.2. The number of urea groups is 1. The van der Waals surface area contributed by atoms with Gasteiger partial charge in [-0.3, -0.25) is 0 Å². The zero-order valence-electron chi connectivity index (χ0n) is 16.8. The molecule has 0 saturated carbocycles. The third-order valence-corrected chi connectivity index (χ3v) is 6.33. The molecule has 2 N–H and O–H groups in total. The van der Waals surface area contributed by atoms with Gasteiger partial charge < -0.3 is 10.6 Å². The van der Waals surface area contributed by atoms with Gasteiger partial charge in [0.05, 0.1) is 17.0 Å². The predicted octanol–water partition coefficient (Wildman–Crippen LogP) is 2.12. The van der Waals surface area contributed by atoms with Gasteiger partial charge in [-0.25, -0.2) is 22.2 Å². The van der Waals surface area contributed by atoms with Crippen molar-refractivity contribution in [3.05, 3.63) is 47.5 Å². The number of amides is 2. The molecule has 0 aliphatic carbocycles. The van der Waals surface area contributed by atoms with Gasteiger partial charge in [-0.1, -0.05) is 17.3 Å². The monoisotopic (exact) mass is 416 g/mol. The van der Waals surface area contributed by atoms with E-state index in [0.29, 0.717) is 24.1 Å². The van der Waals surface area contributed by atoms with E-state index in [9.17, 15) is 13.2 Å². The summed E-state index contributed by atoms with van der Waals surface area (Å²) in [6, 6.07) is 10.2. The second kappa shape index (κ2) is 8.18. The molecule has 1 heterocycles. The van der Waals surface area contributed by atoms with Crippen molar-refractivity contribution in [3.8, 4) is 0 Å². The molecule has 2 aromatic carbocycles. The third-order valence-electron chi connectivity index (χ3n) is 4.51. The van der Waals surface area contributed by atoms with Gasteiger partial charge in [0.1, 0.15) is 5.52 Å². The first-order valence-electron chi connectivity index (χ1n) is 9.06. The van der Waals surface area contributed by atoms with Crippen molar-refractivity contribution in [2.45, 2.75) is 25.3 Å². The van der Waals surface area contributed by atoms with Crippen LogP contribution in [0.4, 0.5) is 10.5 Å². The number of carbonyl (C=O) groups is 1. The van der Waals surface area contributed by atoms with Crippen LogP contribution < -0.4 is 10.6 Å². The summed E-state index contributed by atoms with van der Waals surface area (Å²) in [5.74, 6) is 0. The van der Waals surface area contributed by atoms with Crippen molar-refractivity contribution >= 4 is 32.8 Å². The zero-order chi connectivity index (χ0) is 21.2. The summed E-state index contributed by atoms with van der Waals surface area (Å²) < 4.78 is 27.3. The number of hydrogen-bond acceptors (Lipinski definition) is 5. The van der Waals surface area contributed by atoms with Crippen LogP contribution in [0.2, 0.25) is 0 Å². The van der Waals surface area contributed by atoms with Crippen LogP contribution >= 0.6 is 0 Å². The largest absolute Gasteiger partial charge is 0.336 e. The lowest BCUT2D eigenvalue weighted by Gasteiger charge is -2.11. The maximum absolute atomic E-state index is 12.2. The van der Waals surface area contributed by atoms with Gasteiger partial charge in [0, 0.05) is 26.3 Å². The fourth-order valence-corrected chi connectivity index (χ4v) is 3.72. The Morgan fingerprint density at radius 1 is 1.14 bits per heavy atom. The highest BCUT2D eigenvalue weighted by molar-refractivity contribution is 7.89. The standard InChI is InChI=1S/C19H24N6O3S/c1-13-5-6-14(2)16(11-13)21-19(26)20-9-10-25-18-8-7-15(12-17(18)22-23-25)29(27,28)24(3)4/h5-8,11-12H,9-10H2,1-4H3,(H2,20,21,26). The number of rotatable bonds is 6. The van der Waals surface area contributed by atoms with Crippen LogP contribution in [0.5, 0.6) is 0 Å². The van der Waals surface area contributed by atoms with E-state index in [4.69, 9.17) is 0 Å². The van der Waals surface area contributed by atoms with Crippen LogP contribution in [0.3, 0.4) is 0 Å². The van der Waals surface area contributed by atoms with Crippen molar-refractivity contribution < 1.29 is 13.2 Å². The first-order chi connectivity index (χ1) is 13.7. The van der Waals surface area contributed by atoms with Gasteiger partial charge in [-0.15, -0.1) is 5.10 Å². The van der Waals surface area contributed by atoms with E-state index < -0.39 is 10.0 Å². The zero-order valence-corrected chi connectivity index (χ0v) is 17.6. The highest BCUT2D eigenvalue weighted by atomic mass is 32.2. The van der Waals surface area contributed by atoms with Crippen LogP contribution in [-0.4, -0.2) is 54.4 Å². The number of fused-ring (bicyclic) bond motifs is 1. The number of nitrogens with zero attached hydrogens (tertiary/aromatic N) is 4. The minimum atomic E-state index is -3.53. The van der Waals surface area contributed by atoms with Crippen LogP contribution in [-0.2, 0) is 16.6 Å². The van der Waals surface area contributed by atoms with Crippen molar-refractivity contribution in [1.82, 2.24) is 24.6 Å². The number of sulfonamides is 1. The second-order valence-electron chi connectivity index (χ2n) is 6.95. The molecule has 0 saturated heterocycles. The second-order valence-corrected chi connectivity index (χ2v) is 9.10. The summed E-state index contributed by atoms with van der Waals surface area (Å²) in [6.07, 6.45) is 0. The molecule has 10 heteroatoms. The molecule has 29 heavy (non-hydrogen) atoms. The van der Waals surface area contributed by atoms with Crippen LogP contribution in [0.15, 0.2) is 41.3 Å². The van der Waals surface area contributed by atoms with E-state index in [1.165, 1.54) is 26.2 Å². The normalized spacial score (nSPS) is 11.8. The number of aryl methyl sites for hydroxylation is 2. The van der Waals surface area contributed by atoms with E-state index in [2.05, 4.69) is 20.9 Å². The van der Waals surface area contributed by atoms with Gasteiger partial charge in [0.15, 0.2) is 0 Å². The molecule has 9 nitrogen and oxygen atoms in total. The lowest BCUT2D eigenvalue weighted by molar-refractivity contribution is 0.251. The quantitative estimate of drug-likeness (QED) is 0.640. The lowest BCUT2D eigenvalue weighted by Crippen LogP contribution is -2.32. The third kappa shape index (κ3) is 4.54. The van der Waals surface area contributed by atoms with Crippen molar-refractivity contribution in [2.75, 3.05) is 26.0 Å². The summed E-state index contributed by atoms with van der Waals surface area (Å²) >= 11 is 0. The smallest absolute Gasteiger partial charge is 0.319 e. The summed E-state index contributed by atoms with van der Waals surface area (Å²) in [6.45, 7) is 4.64. The van der Waals surface area contributed by atoms with E-state index in [1.54, 1.807) is 10.7 Å². The Hall–Kier alpha value is -2.98. The molecule has 3 rings (SSSR count). The van der Waals surface area contributed by atoms with E-state index in [0.717, 1.165) is 21.1 Å². The van der Waals surface area contributed by atoms with Crippen molar-refractivity contribution in [2.24, 2.45) is 0 Å². The minimum absolute atomic E-state index is 0.160. The SMILES string of the molecule is Cc1ccc(C)c(NC(=O)NCCn2nnc3cc(S(=O)(=O)N(C)C)ccc32)c1. The summed E-state index contributed by atoms with van der Waals surface area (Å²) in [4.78, 5) is 12.3. The van der Waals surface area contributed by atoms with Crippen molar-refractivity contribution in [3.63, 3.8) is 0 Å². The van der Waals surface area contributed by atoms with Crippen LogP contribution in [0, 0.1) is 13.8 Å². The molecule has 0 radical (unpaired) electrons. The molecule has 3 aromatic rings. The Labute approximate surface area is 169 Å². The van der Waals surface area contributed by atoms with E-state index in [1.807, 2.05) is 32.0 Å². The number of aromatic nitrogens is 3. The van der Waals surface area contributed by atoms with E-state index in [-0.39, 0.29) is 10.9 Å². The molecule has 0 bridgehead atoms. The Morgan fingerprint density at radius 2 is 1.90 bits per heavy atom. The highest BCUT2D eigenvalue weighted by Crippen LogP contribution is 2.19. The number of anilines is 1. The van der Waals surface area contributed by atoms with Gasteiger partial charge >= 0.3 is 6.03 Å². The number of carbonyl (C=O) groups excluding carboxylic acids is 1. The number of hydrogen-bond donors (Lipinski definition) is 2. The summed E-state index contributed by atoms with van der Waals surface area (Å²) in [5, 5.41) is 13.7. The lowest BCUT2D eigenvalue weighted by atomic mass is 10.1. The molecule has 154 valence electrons. The average molecular weight is 417 g/mol. The fraction of sp³-hybridized carbons (Fsp3) is 0.316. The van der Waals surface area contributed by atoms with E-state index >= 15 is 0 Å². The molecular formula is C19H24N6O3S. The number of nitrogens with one attached hydrogen (secondary N) is 2. The molecule has 2 amide bonds. The summed E-state index contributed by atoms with van der Waals surface area (Å²) in [5.41, 5.74) is 3.99. The van der Waals surface area contributed by atoms with Crippen molar-refractivity contribution in [1.29, 1.82) is 0 Å². The molecule has 0 unspecified atom stereocenters. The topological polar surface area (TPSA) is 109 Å². The summed E-state index contributed by atoms with van der Waals surface area (Å²) in [7, 11) is -0.578. The van der Waals surface area contributed by atoms with Gasteiger partial charge in [0.25, 0.3) is 0 Å². The molecule has 0 aliphatic rings. The molecule has 1 aromatic heterocycles. The average Bonchev–Trinajstić information content (AvgIpc) is 3.07. The van der Waals surface area contributed by atoms with Gasteiger partial charge in [0.2, 0.25) is 10.0 Å². The Morgan fingerprint density at radius 3 is 2.62 bits per heavy atom. The first-order valence-corrected chi connectivity index (χ1v) is 10.5. The van der Waals surface area contributed by atoms with Crippen LogP contribution in [0.1, 0.15) is 11.1 Å². The highest BCUT2D eigenvalue weighted by Gasteiger charge is 2.18. The Bertz CT molecular complexity index is 1150. The first kappa shape index (κ1) is 20.7. The molecular weight excluding hydrogens is 392 g/mol. The maximum Gasteiger partial charge on any atom is 0.319 e. The number of benzene rings is 2. The Kier molecular flexibility index (Phi) is 5.85. The molecule has 0 fully saturated rings. The van der Waals surface area contributed by atoms with Crippen LogP contribution in [0.25, 0.3) is 11.0 Å². The minimum Gasteiger partial charge on any atom is -0.336 e. The molecule has 0 spiro atoms. The fourth-order valence-electron chi connectivity index (χ4n) is 2.80.